The Kier molecular flexibility index (Phi) is 5.37. The van der Waals surface area contributed by atoms with Crippen molar-refractivity contribution in [3.05, 3.63) is 60.0 Å². The molecule has 0 spiro atoms. The van der Waals surface area contributed by atoms with Crippen LogP contribution in [0.1, 0.15) is 30.7 Å². The van der Waals surface area contributed by atoms with E-state index in [1.165, 1.54) is 0 Å². The molecule has 2 amide bonds. The minimum atomic E-state index is -0.148. The summed E-state index contributed by atoms with van der Waals surface area (Å²) in [5, 5.41) is 11.0. The van der Waals surface area contributed by atoms with Crippen LogP contribution < -0.4 is 10.2 Å². The highest BCUT2D eigenvalue weighted by Gasteiger charge is 2.21. The smallest absolute Gasteiger partial charge is 0.247 e. The van der Waals surface area contributed by atoms with Gasteiger partial charge in [-0.15, -0.1) is 10.2 Å². The van der Waals surface area contributed by atoms with Gasteiger partial charge < -0.3 is 14.6 Å². The van der Waals surface area contributed by atoms with Crippen molar-refractivity contribution in [3.63, 3.8) is 0 Å². The summed E-state index contributed by atoms with van der Waals surface area (Å²) < 4.78 is 5.66. The predicted molar refractivity (Wildman–Crippen MR) is 109 cm³/mol. The Bertz CT molecular complexity index is 1030. The van der Waals surface area contributed by atoms with Crippen LogP contribution in [0.2, 0.25) is 0 Å². The molecular weight excluding hydrogens is 368 g/mol. The molecule has 1 saturated heterocycles. The fraction of sp³-hybridized carbons (Fsp3) is 0.273. The fourth-order valence-corrected chi connectivity index (χ4v) is 3.28. The summed E-state index contributed by atoms with van der Waals surface area (Å²) in [5.41, 5.74) is 3.48. The zero-order valence-corrected chi connectivity index (χ0v) is 16.2. The van der Waals surface area contributed by atoms with E-state index in [1.54, 1.807) is 4.90 Å². The first-order valence-corrected chi connectivity index (χ1v) is 9.68. The summed E-state index contributed by atoms with van der Waals surface area (Å²) in [6.45, 7) is 2.73. The number of carbonyl (C=O) groups excluding carboxylic acids is 2. The van der Waals surface area contributed by atoms with Crippen LogP contribution in [0.4, 0.5) is 11.4 Å². The molecule has 0 atom stereocenters. The van der Waals surface area contributed by atoms with Crippen molar-refractivity contribution in [1.82, 2.24) is 10.2 Å². The third-order valence-electron chi connectivity index (χ3n) is 4.85. The van der Waals surface area contributed by atoms with E-state index in [9.17, 15) is 9.59 Å². The molecule has 4 rings (SSSR count). The quantitative estimate of drug-likeness (QED) is 0.693. The van der Waals surface area contributed by atoms with Gasteiger partial charge in [-0.3, -0.25) is 9.59 Å². The number of hydrogen-bond acceptors (Lipinski definition) is 5. The molecule has 1 aliphatic heterocycles. The van der Waals surface area contributed by atoms with Crippen LogP contribution in [0.25, 0.3) is 11.5 Å². The third-order valence-corrected chi connectivity index (χ3v) is 4.85. The molecule has 148 valence electrons. The van der Waals surface area contributed by atoms with Gasteiger partial charge in [0.15, 0.2) is 0 Å². The molecule has 1 aliphatic rings. The molecule has 1 aromatic heterocycles. The van der Waals surface area contributed by atoms with Gasteiger partial charge in [0.05, 0.1) is 0 Å². The van der Waals surface area contributed by atoms with Crippen LogP contribution in [0, 0.1) is 6.92 Å². The highest BCUT2D eigenvalue weighted by molar-refractivity contribution is 5.97. The molecule has 0 aliphatic carbocycles. The molecule has 0 radical (unpaired) electrons. The molecule has 3 aromatic rings. The third kappa shape index (κ3) is 4.51. The Morgan fingerprint density at radius 2 is 2.00 bits per heavy atom. The lowest BCUT2D eigenvalue weighted by Crippen LogP contribution is -2.23. The van der Waals surface area contributed by atoms with Crippen molar-refractivity contribution in [2.45, 2.75) is 32.6 Å². The van der Waals surface area contributed by atoms with E-state index < -0.39 is 0 Å². The highest BCUT2D eigenvalue weighted by atomic mass is 16.4. The van der Waals surface area contributed by atoms with Crippen molar-refractivity contribution in [2.24, 2.45) is 0 Å². The minimum Gasteiger partial charge on any atom is -0.421 e. The molecule has 0 saturated carbocycles. The van der Waals surface area contributed by atoms with Gasteiger partial charge in [-0.25, -0.2) is 0 Å². The van der Waals surface area contributed by atoms with Gasteiger partial charge in [0, 0.05) is 42.7 Å². The molecule has 0 bridgehead atoms. The zero-order chi connectivity index (χ0) is 20.2. The van der Waals surface area contributed by atoms with Crippen molar-refractivity contribution in [3.8, 4) is 11.5 Å². The number of nitrogens with one attached hydrogen (secondary N) is 1. The fourth-order valence-electron chi connectivity index (χ4n) is 3.28. The monoisotopic (exact) mass is 390 g/mol. The molecule has 2 heterocycles. The van der Waals surface area contributed by atoms with E-state index in [0.29, 0.717) is 30.3 Å². The van der Waals surface area contributed by atoms with Gasteiger partial charge in [0.2, 0.25) is 23.6 Å². The van der Waals surface area contributed by atoms with Crippen LogP contribution in [0.3, 0.4) is 0 Å². The second-order valence-electron chi connectivity index (χ2n) is 7.11. The Morgan fingerprint density at radius 3 is 2.76 bits per heavy atom. The van der Waals surface area contributed by atoms with E-state index in [-0.39, 0.29) is 18.2 Å². The molecule has 7 heteroatoms. The number of nitrogens with zero attached hydrogens (tertiary/aromatic N) is 3. The van der Waals surface area contributed by atoms with Crippen molar-refractivity contribution in [1.29, 1.82) is 0 Å². The van der Waals surface area contributed by atoms with Crippen molar-refractivity contribution < 1.29 is 14.0 Å². The number of aromatic nitrogens is 2. The molecule has 0 unspecified atom stereocenters. The maximum absolute atomic E-state index is 12.3. The average molecular weight is 390 g/mol. The number of carbonyl (C=O) groups is 2. The normalized spacial score (nSPS) is 13.7. The van der Waals surface area contributed by atoms with Crippen molar-refractivity contribution in [2.75, 3.05) is 16.8 Å². The first-order valence-electron chi connectivity index (χ1n) is 9.68. The van der Waals surface area contributed by atoms with Crippen LogP contribution in [0.15, 0.2) is 52.9 Å². The van der Waals surface area contributed by atoms with Gasteiger partial charge in [0.25, 0.3) is 0 Å². The summed E-state index contributed by atoms with van der Waals surface area (Å²) in [6.07, 6.45) is 2.02. The van der Waals surface area contributed by atoms with Crippen LogP contribution in [-0.4, -0.2) is 28.6 Å². The van der Waals surface area contributed by atoms with Crippen LogP contribution >= 0.6 is 0 Å². The van der Waals surface area contributed by atoms with Gasteiger partial charge >= 0.3 is 0 Å². The number of rotatable bonds is 6. The lowest BCUT2D eigenvalue weighted by molar-refractivity contribution is -0.117. The topological polar surface area (TPSA) is 88.3 Å². The summed E-state index contributed by atoms with van der Waals surface area (Å²) >= 11 is 0. The lowest BCUT2D eigenvalue weighted by Gasteiger charge is -2.16. The summed E-state index contributed by atoms with van der Waals surface area (Å²) in [4.78, 5) is 26.0. The Hall–Kier alpha value is -3.48. The first kappa shape index (κ1) is 18.9. The standard InChI is InChI=1S/C22H22N4O3/c1-15-7-9-16(10-8-15)22-25-24-20(29-22)12-11-19(27)23-17-4-2-5-18(14-17)26-13-3-6-21(26)28/h2,4-5,7-10,14H,3,6,11-13H2,1H3,(H,23,27). The summed E-state index contributed by atoms with van der Waals surface area (Å²) in [6, 6.07) is 15.2. The van der Waals surface area contributed by atoms with Gasteiger partial charge in [0.1, 0.15) is 0 Å². The van der Waals surface area contributed by atoms with E-state index >= 15 is 0 Å². The summed E-state index contributed by atoms with van der Waals surface area (Å²) in [7, 11) is 0. The van der Waals surface area contributed by atoms with Gasteiger partial charge in [-0.2, -0.15) is 0 Å². The van der Waals surface area contributed by atoms with E-state index in [2.05, 4.69) is 15.5 Å². The minimum absolute atomic E-state index is 0.120. The predicted octanol–water partition coefficient (Wildman–Crippen LogP) is 3.74. The number of amides is 2. The Labute approximate surface area is 168 Å². The molecule has 2 aromatic carbocycles. The average Bonchev–Trinajstić information content (AvgIpc) is 3.36. The van der Waals surface area contributed by atoms with E-state index in [4.69, 9.17) is 4.42 Å². The largest absolute Gasteiger partial charge is 0.421 e. The Balaban J connectivity index is 1.34. The van der Waals surface area contributed by atoms with E-state index in [0.717, 1.165) is 29.8 Å². The van der Waals surface area contributed by atoms with Crippen LogP contribution in [-0.2, 0) is 16.0 Å². The van der Waals surface area contributed by atoms with Gasteiger partial charge in [-0.05, 0) is 43.7 Å². The number of anilines is 2. The first-order chi connectivity index (χ1) is 14.1. The molecule has 1 fully saturated rings. The number of hydrogen-bond donors (Lipinski definition) is 1. The molecule has 1 N–H and O–H groups in total. The number of aryl methyl sites for hydroxylation is 2. The van der Waals surface area contributed by atoms with Crippen LogP contribution in [0.5, 0.6) is 0 Å². The van der Waals surface area contributed by atoms with Gasteiger partial charge in [-0.1, -0.05) is 23.8 Å². The number of benzene rings is 2. The second kappa shape index (κ2) is 8.26. The molecular formula is C22H22N4O3. The molecule has 7 nitrogen and oxygen atoms in total. The molecule has 29 heavy (non-hydrogen) atoms. The summed E-state index contributed by atoms with van der Waals surface area (Å²) in [5.74, 6) is 0.842. The maximum Gasteiger partial charge on any atom is 0.247 e. The van der Waals surface area contributed by atoms with E-state index in [1.807, 2.05) is 55.5 Å². The lowest BCUT2D eigenvalue weighted by atomic mass is 10.1. The Morgan fingerprint density at radius 1 is 1.17 bits per heavy atom. The highest BCUT2D eigenvalue weighted by Crippen LogP contribution is 2.24. The van der Waals surface area contributed by atoms with Crippen molar-refractivity contribution >= 4 is 23.2 Å². The second-order valence-corrected chi connectivity index (χ2v) is 7.11. The SMILES string of the molecule is Cc1ccc(-c2nnc(CCC(=O)Nc3cccc(N4CCCC4=O)c3)o2)cc1. The maximum atomic E-state index is 12.3. The zero-order valence-electron chi connectivity index (χ0n) is 16.2.